The van der Waals surface area contributed by atoms with Crippen LogP contribution in [0.2, 0.25) is 0 Å². The molecule has 4 N–H and O–H groups in total. The van der Waals surface area contributed by atoms with Gasteiger partial charge in [0.15, 0.2) is 11.6 Å². The van der Waals surface area contributed by atoms with Crippen molar-refractivity contribution in [1.82, 2.24) is 5.32 Å². The lowest BCUT2D eigenvalue weighted by Gasteiger charge is -2.31. The third kappa shape index (κ3) is 6.30. The summed E-state index contributed by atoms with van der Waals surface area (Å²) in [5.74, 6) is -2.79. The Morgan fingerprint density at radius 3 is 2.35 bits per heavy atom. The standard InChI is InChI=1S/C29H33F4N3O6S/c1-41-23-14-22(30)24(42-19-9-7-17(34)8-10-19)13-21(23)27(37)36-26-16-6-5-15(11-16)25(26)28(38)35-18-3-2-4-20(12-18)43(39,40)29(31,32)33/h2-4,12-17,19,25-26H,5-11,34H2,1H3,(H,35,38)(H,36,37)/t15-,16+,17-,19+,25+,26-/m1/s1. The SMILES string of the molecule is COc1cc(F)c(O[C@H]2CC[C@@H](N)CC2)cc1C(=O)N[C@@H]1[C@H]2CC[C@H](C2)[C@@H]1C(=O)Nc1cccc(S(=O)(=O)C(F)(F)F)c1. The lowest BCUT2D eigenvalue weighted by molar-refractivity contribution is -0.122. The van der Waals surface area contributed by atoms with Crippen molar-refractivity contribution in [2.45, 2.75) is 73.5 Å². The van der Waals surface area contributed by atoms with Crippen LogP contribution >= 0.6 is 0 Å². The van der Waals surface area contributed by atoms with Crippen LogP contribution in [0.3, 0.4) is 0 Å². The zero-order valence-corrected chi connectivity index (χ0v) is 24.1. The highest BCUT2D eigenvalue weighted by Gasteiger charge is 2.52. The molecule has 3 fully saturated rings. The fraction of sp³-hybridized carbons (Fsp3) is 0.517. The first-order valence-electron chi connectivity index (χ1n) is 14.1. The molecule has 0 heterocycles. The number of halogens is 4. The number of sulfone groups is 1. The second-order valence-electron chi connectivity index (χ2n) is 11.5. The van der Waals surface area contributed by atoms with Crippen LogP contribution in [0.1, 0.15) is 55.3 Å². The van der Waals surface area contributed by atoms with E-state index >= 15 is 0 Å². The molecule has 2 amide bonds. The minimum absolute atomic E-state index is 0.0140. The number of alkyl halides is 3. The first-order chi connectivity index (χ1) is 20.3. The maximum atomic E-state index is 14.9. The fourth-order valence-electron chi connectivity index (χ4n) is 6.56. The van der Waals surface area contributed by atoms with Crippen LogP contribution < -0.4 is 25.8 Å². The third-order valence-electron chi connectivity index (χ3n) is 8.74. The first-order valence-corrected chi connectivity index (χ1v) is 15.6. The van der Waals surface area contributed by atoms with Crippen molar-refractivity contribution < 1.29 is 45.0 Å². The minimum atomic E-state index is -5.61. The van der Waals surface area contributed by atoms with E-state index in [-0.39, 0.29) is 46.7 Å². The van der Waals surface area contributed by atoms with Gasteiger partial charge in [-0.1, -0.05) is 6.07 Å². The van der Waals surface area contributed by atoms with Crippen LogP contribution in [-0.2, 0) is 14.6 Å². The number of nitrogens with two attached hydrogens (primary N) is 1. The number of amides is 2. The minimum Gasteiger partial charge on any atom is -0.496 e. The molecule has 5 rings (SSSR count). The van der Waals surface area contributed by atoms with Gasteiger partial charge < -0.3 is 25.8 Å². The van der Waals surface area contributed by atoms with Crippen molar-refractivity contribution in [3.05, 3.63) is 47.8 Å². The summed E-state index contributed by atoms with van der Waals surface area (Å²) in [5.41, 5.74) is 0.363. The Kier molecular flexibility index (Phi) is 8.63. The second-order valence-corrected chi connectivity index (χ2v) is 13.4. The summed E-state index contributed by atoms with van der Waals surface area (Å²) in [6.07, 6.45) is 4.68. The number of carbonyl (C=O) groups excluding carboxylic acids is 2. The van der Waals surface area contributed by atoms with Gasteiger partial charge in [-0.3, -0.25) is 9.59 Å². The van der Waals surface area contributed by atoms with Crippen molar-refractivity contribution in [2.24, 2.45) is 23.5 Å². The number of benzene rings is 2. The highest BCUT2D eigenvalue weighted by Crippen LogP contribution is 2.49. The van der Waals surface area contributed by atoms with Crippen molar-refractivity contribution in [1.29, 1.82) is 0 Å². The van der Waals surface area contributed by atoms with Gasteiger partial charge in [0.2, 0.25) is 5.91 Å². The van der Waals surface area contributed by atoms with Gasteiger partial charge in [-0.05, 0) is 81.0 Å². The molecule has 2 bridgehead atoms. The fourth-order valence-corrected chi connectivity index (χ4v) is 7.37. The van der Waals surface area contributed by atoms with Gasteiger partial charge in [-0.2, -0.15) is 13.2 Å². The normalized spacial score (nSPS) is 27.0. The van der Waals surface area contributed by atoms with Gasteiger partial charge in [-0.15, -0.1) is 0 Å². The molecule has 0 aromatic heterocycles. The Bertz CT molecular complexity index is 1490. The van der Waals surface area contributed by atoms with E-state index in [1.807, 2.05) is 0 Å². The average molecular weight is 628 g/mol. The van der Waals surface area contributed by atoms with Gasteiger partial charge in [0.05, 0.1) is 29.6 Å². The van der Waals surface area contributed by atoms with E-state index < -0.39 is 49.8 Å². The highest BCUT2D eigenvalue weighted by atomic mass is 32.2. The van der Waals surface area contributed by atoms with Gasteiger partial charge in [0.1, 0.15) is 5.75 Å². The summed E-state index contributed by atoms with van der Waals surface area (Å²) in [6.45, 7) is 0. The largest absolute Gasteiger partial charge is 0.501 e. The number of nitrogens with one attached hydrogen (secondary N) is 2. The van der Waals surface area contributed by atoms with Crippen LogP contribution in [-0.4, -0.2) is 51.0 Å². The van der Waals surface area contributed by atoms with Crippen molar-refractivity contribution in [2.75, 3.05) is 12.4 Å². The molecule has 4 atom stereocenters. The third-order valence-corrected chi connectivity index (χ3v) is 10.2. The lowest BCUT2D eigenvalue weighted by atomic mass is 9.83. The summed E-state index contributed by atoms with van der Waals surface area (Å²) in [7, 11) is -4.31. The van der Waals surface area contributed by atoms with E-state index in [4.69, 9.17) is 15.2 Å². The molecule has 0 radical (unpaired) electrons. The summed E-state index contributed by atoms with van der Waals surface area (Å²) >= 11 is 0. The Hall–Kier alpha value is -3.39. The van der Waals surface area contributed by atoms with Gasteiger partial charge in [0.25, 0.3) is 15.7 Å². The van der Waals surface area contributed by atoms with Crippen molar-refractivity contribution in [3.8, 4) is 11.5 Å². The first kappa shape index (κ1) is 31.0. The van der Waals surface area contributed by atoms with Gasteiger partial charge in [0, 0.05) is 23.8 Å². The molecular weight excluding hydrogens is 594 g/mol. The van der Waals surface area contributed by atoms with Crippen LogP contribution in [0.15, 0.2) is 41.3 Å². The van der Waals surface area contributed by atoms with Crippen LogP contribution in [0.25, 0.3) is 0 Å². The molecule has 3 saturated carbocycles. The van der Waals surface area contributed by atoms with Crippen LogP contribution in [0.4, 0.5) is 23.2 Å². The predicted octanol–water partition coefficient (Wildman–Crippen LogP) is 4.56. The lowest BCUT2D eigenvalue weighted by Crippen LogP contribution is -2.48. The van der Waals surface area contributed by atoms with E-state index in [9.17, 15) is 35.6 Å². The Morgan fingerprint density at radius 2 is 1.67 bits per heavy atom. The Morgan fingerprint density at radius 1 is 0.977 bits per heavy atom. The molecule has 0 unspecified atom stereocenters. The molecule has 2 aromatic rings. The number of carbonyl (C=O) groups is 2. The number of rotatable bonds is 8. The predicted molar refractivity (Wildman–Crippen MR) is 148 cm³/mol. The second kappa shape index (κ2) is 11.9. The zero-order valence-electron chi connectivity index (χ0n) is 23.3. The topological polar surface area (TPSA) is 137 Å². The summed E-state index contributed by atoms with van der Waals surface area (Å²) < 4.78 is 88.9. The van der Waals surface area contributed by atoms with Gasteiger partial charge >= 0.3 is 5.51 Å². The highest BCUT2D eigenvalue weighted by molar-refractivity contribution is 7.92. The molecule has 0 saturated heterocycles. The Labute approximate surface area is 246 Å². The Balaban J connectivity index is 1.34. The van der Waals surface area contributed by atoms with Crippen molar-refractivity contribution in [3.63, 3.8) is 0 Å². The molecule has 9 nitrogen and oxygen atoms in total. The van der Waals surface area contributed by atoms with E-state index in [0.29, 0.717) is 19.3 Å². The molecule has 234 valence electrons. The number of ether oxygens (including phenoxy) is 2. The smallest absolute Gasteiger partial charge is 0.496 e. The summed E-state index contributed by atoms with van der Waals surface area (Å²) in [6, 6.07) is 5.77. The maximum absolute atomic E-state index is 14.9. The van der Waals surface area contributed by atoms with E-state index in [1.54, 1.807) is 0 Å². The van der Waals surface area contributed by atoms with Crippen LogP contribution in [0, 0.1) is 23.6 Å². The zero-order chi connectivity index (χ0) is 31.1. The van der Waals surface area contributed by atoms with E-state index in [2.05, 4.69) is 10.6 Å². The van der Waals surface area contributed by atoms with Gasteiger partial charge in [-0.25, -0.2) is 12.8 Å². The number of methoxy groups -OCH3 is 1. The molecule has 0 spiro atoms. The molecule has 3 aliphatic rings. The number of fused-ring (bicyclic) bond motifs is 2. The molecule has 0 aliphatic heterocycles. The summed E-state index contributed by atoms with van der Waals surface area (Å²) in [5, 5.41) is 5.45. The number of hydrogen-bond acceptors (Lipinski definition) is 7. The van der Waals surface area contributed by atoms with Crippen molar-refractivity contribution >= 4 is 27.3 Å². The monoisotopic (exact) mass is 627 g/mol. The molecule has 14 heteroatoms. The molecule has 2 aromatic carbocycles. The summed E-state index contributed by atoms with van der Waals surface area (Å²) in [4.78, 5) is 26.0. The quantitative estimate of drug-likeness (QED) is 0.365. The molecule has 43 heavy (non-hydrogen) atoms. The average Bonchev–Trinajstić information content (AvgIpc) is 3.56. The van der Waals surface area contributed by atoms with E-state index in [0.717, 1.165) is 49.9 Å². The molecule has 3 aliphatic carbocycles. The van der Waals surface area contributed by atoms with E-state index in [1.165, 1.54) is 19.2 Å². The number of anilines is 1. The maximum Gasteiger partial charge on any atom is 0.501 e. The van der Waals surface area contributed by atoms with Crippen LogP contribution in [0.5, 0.6) is 11.5 Å². The number of hydrogen-bond donors (Lipinski definition) is 3. The molecular formula is C29H33F4N3O6S.